The number of benzene rings is 2. The van der Waals surface area contributed by atoms with Crippen molar-refractivity contribution in [1.82, 2.24) is 0 Å². The van der Waals surface area contributed by atoms with Crippen molar-refractivity contribution in [1.29, 1.82) is 0 Å². The molecule has 0 fully saturated rings. The molecule has 0 spiro atoms. The largest absolute Gasteiger partial charge is 0.207 e. The molecular formula is C18H20BrF. The second-order valence-corrected chi connectivity index (χ2v) is 6.02. The van der Waals surface area contributed by atoms with E-state index < -0.39 is 0 Å². The highest BCUT2D eigenvalue weighted by molar-refractivity contribution is 9.09. The molecule has 0 saturated heterocycles. The molecule has 2 aromatic carbocycles. The van der Waals surface area contributed by atoms with Crippen molar-refractivity contribution in [2.75, 3.05) is 0 Å². The van der Waals surface area contributed by atoms with Crippen molar-refractivity contribution in [3.8, 4) is 0 Å². The van der Waals surface area contributed by atoms with Crippen LogP contribution in [0.5, 0.6) is 0 Å². The SMILES string of the molecule is CCc1ccc(C(Br)c2ccc(F)c(C)c2)cc1CC. The summed E-state index contributed by atoms with van der Waals surface area (Å²) in [6.45, 7) is 6.17. The van der Waals surface area contributed by atoms with Crippen LogP contribution in [0.15, 0.2) is 36.4 Å². The number of aryl methyl sites for hydroxylation is 3. The van der Waals surface area contributed by atoms with E-state index in [0.717, 1.165) is 18.4 Å². The van der Waals surface area contributed by atoms with E-state index in [9.17, 15) is 4.39 Å². The van der Waals surface area contributed by atoms with Crippen LogP contribution in [0, 0.1) is 12.7 Å². The zero-order chi connectivity index (χ0) is 14.7. The van der Waals surface area contributed by atoms with Crippen LogP contribution in [0.2, 0.25) is 0 Å². The lowest BCUT2D eigenvalue weighted by Crippen LogP contribution is -1.98. The maximum atomic E-state index is 13.4. The lowest BCUT2D eigenvalue weighted by atomic mass is 9.96. The summed E-state index contributed by atoms with van der Waals surface area (Å²) in [5.74, 6) is -0.149. The minimum atomic E-state index is -0.149. The molecule has 0 amide bonds. The fourth-order valence-electron chi connectivity index (χ4n) is 2.50. The summed E-state index contributed by atoms with van der Waals surface area (Å²) in [6, 6.07) is 11.9. The van der Waals surface area contributed by atoms with Crippen molar-refractivity contribution in [3.05, 3.63) is 70.0 Å². The highest BCUT2D eigenvalue weighted by Gasteiger charge is 2.13. The van der Waals surface area contributed by atoms with Gasteiger partial charge in [-0.25, -0.2) is 4.39 Å². The molecule has 0 radical (unpaired) electrons. The third-order valence-electron chi connectivity index (χ3n) is 3.76. The van der Waals surface area contributed by atoms with Gasteiger partial charge in [0.05, 0.1) is 4.83 Å². The Morgan fingerprint density at radius 2 is 1.55 bits per heavy atom. The summed E-state index contributed by atoms with van der Waals surface area (Å²) < 4.78 is 13.4. The summed E-state index contributed by atoms with van der Waals surface area (Å²) in [7, 11) is 0. The van der Waals surface area contributed by atoms with Gasteiger partial charge in [-0.3, -0.25) is 0 Å². The third-order valence-corrected chi connectivity index (χ3v) is 4.82. The summed E-state index contributed by atoms with van der Waals surface area (Å²) in [5, 5.41) is 0. The first-order chi connectivity index (χ1) is 9.56. The average Bonchev–Trinajstić information content (AvgIpc) is 2.48. The minimum absolute atomic E-state index is 0.109. The van der Waals surface area contributed by atoms with Crippen LogP contribution >= 0.6 is 15.9 Å². The summed E-state index contributed by atoms with van der Waals surface area (Å²) in [6.07, 6.45) is 2.10. The number of alkyl halides is 1. The molecule has 2 rings (SSSR count). The predicted molar refractivity (Wildman–Crippen MR) is 87.1 cm³/mol. The number of hydrogen-bond donors (Lipinski definition) is 0. The Morgan fingerprint density at radius 3 is 2.15 bits per heavy atom. The van der Waals surface area contributed by atoms with E-state index in [0.29, 0.717) is 5.56 Å². The van der Waals surface area contributed by atoms with Gasteiger partial charge < -0.3 is 0 Å². The molecule has 0 aliphatic rings. The number of hydrogen-bond acceptors (Lipinski definition) is 0. The van der Waals surface area contributed by atoms with E-state index in [-0.39, 0.29) is 10.6 Å². The molecule has 2 aromatic rings. The standard InChI is InChI=1S/C18H20BrF/c1-4-13-6-7-16(11-14(13)5-2)18(19)15-8-9-17(20)12(3)10-15/h6-11,18H,4-5H2,1-3H3. The fraction of sp³-hybridized carbons (Fsp3) is 0.333. The summed E-state index contributed by atoms with van der Waals surface area (Å²) in [5.41, 5.74) is 5.81. The summed E-state index contributed by atoms with van der Waals surface area (Å²) in [4.78, 5) is 0.109. The smallest absolute Gasteiger partial charge is 0.126 e. The van der Waals surface area contributed by atoms with Gasteiger partial charge in [0.2, 0.25) is 0 Å². The molecule has 0 saturated carbocycles. The highest BCUT2D eigenvalue weighted by Crippen LogP contribution is 2.32. The predicted octanol–water partition coefficient (Wildman–Crippen LogP) is 5.74. The Labute approximate surface area is 129 Å². The quantitative estimate of drug-likeness (QED) is 0.625. The minimum Gasteiger partial charge on any atom is -0.207 e. The van der Waals surface area contributed by atoms with Crippen molar-refractivity contribution in [2.45, 2.75) is 38.4 Å². The van der Waals surface area contributed by atoms with Crippen molar-refractivity contribution in [3.63, 3.8) is 0 Å². The molecule has 0 N–H and O–H groups in total. The van der Waals surface area contributed by atoms with Gasteiger partial charge in [-0.2, -0.15) is 0 Å². The maximum absolute atomic E-state index is 13.4. The molecule has 1 unspecified atom stereocenters. The van der Waals surface area contributed by atoms with E-state index in [4.69, 9.17) is 0 Å². The Hall–Kier alpha value is -1.15. The van der Waals surface area contributed by atoms with E-state index in [1.54, 1.807) is 13.0 Å². The molecule has 0 bridgehead atoms. The second kappa shape index (κ2) is 6.53. The first kappa shape index (κ1) is 15.2. The van der Waals surface area contributed by atoms with E-state index in [1.807, 2.05) is 12.1 Å². The van der Waals surface area contributed by atoms with Crippen LogP contribution < -0.4 is 0 Å². The fourth-order valence-corrected chi connectivity index (χ4v) is 3.07. The normalized spacial score (nSPS) is 12.4. The molecule has 2 heteroatoms. The van der Waals surface area contributed by atoms with Crippen LogP contribution in [-0.4, -0.2) is 0 Å². The number of rotatable bonds is 4. The van der Waals surface area contributed by atoms with Crippen LogP contribution in [-0.2, 0) is 12.8 Å². The molecule has 0 aromatic heterocycles. The topological polar surface area (TPSA) is 0 Å². The average molecular weight is 335 g/mol. The first-order valence-corrected chi connectivity index (χ1v) is 8.00. The third kappa shape index (κ3) is 3.12. The Bertz CT molecular complexity index is 604. The van der Waals surface area contributed by atoms with Crippen molar-refractivity contribution in [2.24, 2.45) is 0 Å². The monoisotopic (exact) mass is 334 g/mol. The second-order valence-electron chi connectivity index (χ2n) is 5.11. The molecule has 0 aliphatic carbocycles. The van der Waals surface area contributed by atoms with E-state index in [2.05, 4.69) is 48.0 Å². The van der Waals surface area contributed by atoms with Crippen LogP contribution in [0.3, 0.4) is 0 Å². The molecule has 20 heavy (non-hydrogen) atoms. The molecule has 106 valence electrons. The zero-order valence-corrected chi connectivity index (χ0v) is 13.8. The van der Waals surface area contributed by atoms with Gasteiger partial charge >= 0.3 is 0 Å². The first-order valence-electron chi connectivity index (χ1n) is 7.08. The van der Waals surface area contributed by atoms with Gasteiger partial charge in [-0.05, 0) is 53.6 Å². The van der Waals surface area contributed by atoms with Gasteiger partial charge in [0.1, 0.15) is 5.82 Å². The maximum Gasteiger partial charge on any atom is 0.126 e. The lowest BCUT2D eigenvalue weighted by Gasteiger charge is -2.15. The van der Waals surface area contributed by atoms with E-state index >= 15 is 0 Å². The molecule has 1 atom stereocenters. The van der Waals surface area contributed by atoms with E-state index in [1.165, 1.54) is 16.7 Å². The molecule has 0 heterocycles. The van der Waals surface area contributed by atoms with Gasteiger partial charge in [0, 0.05) is 0 Å². The Morgan fingerprint density at radius 1 is 0.950 bits per heavy atom. The molecule has 0 nitrogen and oxygen atoms in total. The van der Waals surface area contributed by atoms with Gasteiger partial charge in [0.15, 0.2) is 0 Å². The molecular weight excluding hydrogens is 315 g/mol. The highest BCUT2D eigenvalue weighted by atomic mass is 79.9. The van der Waals surface area contributed by atoms with Crippen LogP contribution in [0.4, 0.5) is 4.39 Å². The number of halogens is 2. The summed E-state index contributed by atoms with van der Waals surface area (Å²) >= 11 is 3.74. The van der Waals surface area contributed by atoms with Gasteiger partial charge in [-0.1, -0.05) is 60.1 Å². The lowest BCUT2D eigenvalue weighted by molar-refractivity contribution is 0.618. The Kier molecular flexibility index (Phi) is 4.98. The molecule has 0 aliphatic heterocycles. The van der Waals surface area contributed by atoms with Crippen molar-refractivity contribution < 1.29 is 4.39 Å². The van der Waals surface area contributed by atoms with Crippen molar-refractivity contribution >= 4 is 15.9 Å². The van der Waals surface area contributed by atoms with Crippen LogP contribution in [0.1, 0.15) is 46.5 Å². The zero-order valence-electron chi connectivity index (χ0n) is 12.2. The van der Waals surface area contributed by atoms with Gasteiger partial charge in [0.25, 0.3) is 0 Å². The van der Waals surface area contributed by atoms with Gasteiger partial charge in [-0.15, -0.1) is 0 Å². The van der Waals surface area contributed by atoms with Crippen LogP contribution in [0.25, 0.3) is 0 Å². The Balaban J connectivity index is 2.37.